The number of fused-ring (bicyclic) bond motifs is 1. The first-order valence-corrected chi connectivity index (χ1v) is 7.12. The molecule has 0 aliphatic rings. The van der Waals surface area contributed by atoms with Gasteiger partial charge in [0, 0.05) is 11.5 Å². The topological polar surface area (TPSA) is 46.5 Å². The van der Waals surface area contributed by atoms with Crippen LogP contribution in [-0.4, -0.2) is 11.1 Å². The van der Waals surface area contributed by atoms with Crippen molar-refractivity contribution in [3.63, 3.8) is 0 Å². The predicted molar refractivity (Wildman–Crippen MR) is 89.4 cm³/mol. The van der Waals surface area contributed by atoms with Crippen molar-refractivity contribution in [2.75, 3.05) is 0 Å². The molecule has 0 aliphatic heterocycles. The van der Waals surface area contributed by atoms with Gasteiger partial charge in [0.2, 0.25) is 0 Å². The molecule has 1 N–H and O–H groups in total. The Morgan fingerprint density at radius 1 is 1.26 bits per heavy atom. The Morgan fingerprint density at radius 2 is 2.09 bits per heavy atom. The van der Waals surface area contributed by atoms with Gasteiger partial charge in [0.1, 0.15) is 12.4 Å². The number of carboxylic acids is 1. The predicted octanol–water partition coefficient (Wildman–Crippen LogP) is 4.36. The third-order valence-corrected chi connectivity index (χ3v) is 3.56. The largest absolute Gasteiger partial charge is 0.488 e. The fourth-order valence-corrected chi connectivity index (χ4v) is 2.41. The van der Waals surface area contributed by atoms with E-state index in [1.807, 2.05) is 24.3 Å². The van der Waals surface area contributed by atoms with Crippen LogP contribution >= 0.6 is 0 Å². The van der Waals surface area contributed by atoms with Crippen LogP contribution in [-0.2, 0) is 6.61 Å². The standard InChI is InChI=1S/C20H14O3/c1-2-14-7-3-4-9-16(14)13-23-17-11-15-8-5-6-10-18(15)19(12-17)20(21)22/h2-7,9-10,12H,1,13H2,(H,21,22). The molecule has 0 saturated carbocycles. The summed E-state index contributed by atoms with van der Waals surface area (Å²) in [6.07, 6.45) is 1.76. The summed E-state index contributed by atoms with van der Waals surface area (Å²) in [4.78, 5) is 11.4. The molecule has 0 aliphatic carbocycles. The first kappa shape index (κ1) is 14.9. The zero-order chi connectivity index (χ0) is 16.2. The van der Waals surface area contributed by atoms with Crippen molar-refractivity contribution in [3.8, 4) is 5.75 Å². The van der Waals surface area contributed by atoms with Gasteiger partial charge in [-0.05, 0) is 28.6 Å². The summed E-state index contributed by atoms with van der Waals surface area (Å²) >= 11 is 0. The molecule has 23 heavy (non-hydrogen) atoms. The Balaban J connectivity index is 1.94. The van der Waals surface area contributed by atoms with Gasteiger partial charge in [-0.3, -0.25) is 0 Å². The van der Waals surface area contributed by atoms with Crippen LogP contribution in [0.3, 0.4) is 0 Å². The van der Waals surface area contributed by atoms with Gasteiger partial charge < -0.3 is 9.84 Å². The molecule has 3 nitrogen and oxygen atoms in total. The average Bonchev–Trinajstić information content (AvgIpc) is 2.59. The summed E-state index contributed by atoms with van der Waals surface area (Å²) in [7, 11) is 0. The quantitative estimate of drug-likeness (QED) is 0.761. The summed E-state index contributed by atoms with van der Waals surface area (Å²) in [5.41, 5.74) is 2.14. The zero-order valence-electron chi connectivity index (χ0n) is 12.4. The zero-order valence-corrected chi connectivity index (χ0v) is 12.4. The molecule has 0 unspecified atom stereocenters. The highest BCUT2D eigenvalue weighted by atomic mass is 16.5. The number of carbonyl (C=O) groups is 1. The Kier molecular flexibility index (Phi) is 4.11. The number of benzene rings is 3. The van der Waals surface area contributed by atoms with Crippen molar-refractivity contribution in [1.82, 2.24) is 0 Å². The van der Waals surface area contributed by atoms with Crippen LogP contribution in [0.25, 0.3) is 16.8 Å². The van der Waals surface area contributed by atoms with Crippen LogP contribution in [0.15, 0.2) is 55.1 Å². The summed E-state index contributed by atoms with van der Waals surface area (Å²) < 4.78 is 5.75. The van der Waals surface area contributed by atoms with E-state index >= 15 is 0 Å². The number of ether oxygens (including phenoxy) is 1. The molecule has 3 heteroatoms. The lowest BCUT2D eigenvalue weighted by molar-refractivity contribution is 0.0698. The van der Waals surface area contributed by atoms with Gasteiger partial charge in [0.15, 0.2) is 0 Å². The van der Waals surface area contributed by atoms with E-state index in [0.29, 0.717) is 23.1 Å². The number of carboxylic acid groups (broad SMARTS) is 1. The molecule has 0 spiro atoms. The molecular weight excluding hydrogens is 288 g/mol. The lowest BCUT2D eigenvalue weighted by Crippen LogP contribution is -2.02. The summed E-state index contributed by atoms with van der Waals surface area (Å²) in [6, 6.07) is 20.5. The third-order valence-electron chi connectivity index (χ3n) is 3.56. The fraction of sp³-hybridized carbons (Fsp3) is 0.0500. The Morgan fingerprint density at radius 3 is 2.87 bits per heavy atom. The van der Waals surface area contributed by atoms with Gasteiger partial charge in [-0.25, -0.2) is 4.79 Å². The average molecular weight is 302 g/mol. The second kappa shape index (κ2) is 6.36. The van der Waals surface area contributed by atoms with Crippen LogP contribution in [0.2, 0.25) is 0 Å². The fourth-order valence-electron chi connectivity index (χ4n) is 2.41. The highest BCUT2D eigenvalue weighted by Gasteiger charge is 2.12. The Labute approximate surface area is 134 Å². The highest BCUT2D eigenvalue weighted by molar-refractivity contribution is 6.04. The number of aromatic carboxylic acids is 1. The van der Waals surface area contributed by atoms with E-state index in [9.17, 15) is 9.90 Å². The SMILES string of the molecule is C=Cc1ccccc1COc1[c]c2[c]cccc2c(C(=O)O)c1. The molecule has 2 radical (unpaired) electrons. The van der Waals surface area contributed by atoms with Crippen molar-refractivity contribution in [1.29, 1.82) is 0 Å². The molecule has 0 atom stereocenters. The second-order valence-electron chi connectivity index (χ2n) is 5.00. The first-order chi connectivity index (χ1) is 11.2. The molecule has 0 amide bonds. The lowest BCUT2D eigenvalue weighted by Gasteiger charge is -2.11. The molecule has 0 fully saturated rings. The summed E-state index contributed by atoms with van der Waals surface area (Å²) in [5, 5.41) is 10.6. The summed E-state index contributed by atoms with van der Waals surface area (Å²) in [6.45, 7) is 4.09. The minimum Gasteiger partial charge on any atom is -0.488 e. The second-order valence-corrected chi connectivity index (χ2v) is 5.00. The molecule has 112 valence electrons. The smallest absolute Gasteiger partial charge is 0.336 e. The number of rotatable bonds is 5. The highest BCUT2D eigenvalue weighted by Crippen LogP contribution is 2.25. The van der Waals surface area contributed by atoms with Gasteiger partial charge in [-0.2, -0.15) is 0 Å². The monoisotopic (exact) mass is 302 g/mol. The maximum absolute atomic E-state index is 11.4. The summed E-state index contributed by atoms with van der Waals surface area (Å²) in [5.74, 6) is -0.615. The maximum Gasteiger partial charge on any atom is 0.336 e. The third kappa shape index (κ3) is 3.09. The number of hydrogen-bond acceptors (Lipinski definition) is 2. The minimum absolute atomic E-state index is 0.183. The maximum atomic E-state index is 11.4. The van der Waals surface area contributed by atoms with Gasteiger partial charge in [-0.15, -0.1) is 0 Å². The van der Waals surface area contributed by atoms with Gasteiger partial charge in [0.25, 0.3) is 0 Å². The van der Waals surface area contributed by atoms with E-state index in [1.54, 1.807) is 24.3 Å². The Bertz CT molecular complexity index is 881. The van der Waals surface area contributed by atoms with Crippen LogP contribution in [0.1, 0.15) is 21.5 Å². The molecule has 0 bridgehead atoms. The van der Waals surface area contributed by atoms with E-state index in [4.69, 9.17) is 4.74 Å². The van der Waals surface area contributed by atoms with Crippen molar-refractivity contribution in [2.24, 2.45) is 0 Å². The van der Waals surface area contributed by atoms with Gasteiger partial charge in [0.05, 0.1) is 5.56 Å². The molecule has 3 rings (SSSR count). The van der Waals surface area contributed by atoms with Crippen LogP contribution in [0, 0.1) is 12.1 Å². The van der Waals surface area contributed by atoms with Crippen LogP contribution in [0.4, 0.5) is 0 Å². The van der Waals surface area contributed by atoms with Gasteiger partial charge in [-0.1, -0.05) is 55.1 Å². The van der Waals surface area contributed by atoms with Crippen molar-refractivity contribution < 1.29 is 14.6 Å². The Hall–Kier alpha value is -3.07. The first-order valence-electron chi connectivity index (χ1n) is 7.12. The van der Waals surface area contributed by atoms with Crippen LogP contribution in [0.5, 0.6) is 5.75 Å². The van der Waals surface area contributed by atoms with Crippen LogP contribution < -0.4 is 4.74 Å². The molecule has 3 aromatic rings. The van der Waals surface area contributed by atoms with E-state index in [2.05, 4.69) is 18.7 Å². The molecular formula is C20H14O3. The van der Waals surface area contributed by atoms with E-state index in [1.165, 1.54) is 6.07 Å². The lowest BCUT2D eigenvalue weighted by atomic mass is 10.0. The van der Waals surface area contributed by atoms with Crippen molar-refractivity contribution in [3.05, 3.63) is 83.9 Å². The van der Waals surface area contributed by atoms with Crippen molar-refractivity contribution in [2.45, 2.75) is 6.61 Å². The van der Waals surface area contributed by atoms with E-state index in [0.717, 1.165) is 11.1 Å². The molecule has 0 heterocycles. The van der Waals surface area contributed by atoms with Gasteiger partial charge >= 0.3 is 5.97 Å². The minimum atomic E-state index is -1.00. The normalized spacial score (nSPS) is 10.4. The van der Waals surface area contributed by atoms with Crippen molar-refractivity contribution >= 4 is 22.8 Å². The molecule has 3 aromatic carbocycles. The van der Waals surface area contributed by atoms with E-state index < -0.39 is 5.97 Å². The number of hydrogen-bond donors (Lipinski definition) is 1. The molecule has 0 aromatic heterocycles. The molecule has 0 saturated heterocycles. The van der Waals surface area contributed by atoms with E-state index in [-0.39, 0.29) is 5.56 Å².